The predicted molar refractivity (Wildman–Crippen MR) is 85.8 cm³/mol. The highest BCUT2D eigenvalue weighted by atomic mass is 16.3. The summed E-state index contributed by atoms with van der Waals surface area (Å²) in [5, 5.41) is 16.0. The molecule has 1 heterocycles. The molecule has 1 atom stereocenters. The summed E-state index contributed by atoms with van der Waals surface area (Å²) in [4.78, 5) is 11.9. The molecule has 1 saturated carbocycles. The highest BCUT2D eigenvalue weighted by Crippen LogP contribution is 2.23. The van der Waals surface area contributed by atoms with Crippen LogP contribution in [0.3, 0.4) is 0 Å². The lowest BCUT2D eigenvalue weighted by molar-refractivity contribution is 0.165. The van der Waals surface area contributed by atoms with Gasteiger partial charge >= 0.3 is 6.03 Å². The largest absolute Gasteiger partial charge is 0.466 e. The van der Waals surface area contributed by atoms with Crippen LogP contribution in [0.15, 0.2) is 10.5 Å². The second-order valence-corrected chi connectivity index (χ2v) is 6.26. The van der Waals surface area contributed by atoms with Crippen molar-refractivity contribution in [2.24, 2.45) is 0 Å². The number of carbonyl (C=O) groups is 1. The van der Waals surface area contributed by atoms with Crippen molar-refractivity contribution in [2.75, 3.05) is 6.54 Å². The molecule has 0 spiro atoms. The Morgan fingerprint density at radius 3 is 2.59 bits per heavy atom. The first-order valence-corrected chi connectivity index (χ1v) is 8.35. The summed E-state index contributed by atoms with van der Waals surface area (Å²) >= 11 is 0. The maximum Gasteiger partial charge on any atom is 0.315 e. The van der Waals surface area contributed by atoms with Crippen LogP contribution in [0.2, 0.25) is 0 Å². The van der Waals surface area contributed by atoms with Crippen molar-refractivity contribution in [2.45, 2.75) is 70.9 Å². The maximum atomic E-state index is 11.9. The van der Waals surface area contributed by atoms with Crippen LogP contribution < -0.4 is 10.6 Å². The summed E-state index contributed by atoms with van der Waals surface area (Å²) in [6.45, 7) is 4.16. The van der Waals surface area contributed by atoms with Gasteiger partial charge in [0.15, 0.2) is 0 Å². The number of aryl methyl sites for hydroxylation is 2. The Labute approximate surface area is 132 Å². The average molecular weight is 308 g/mol. The van der Waals surface area contributed by atoms with E-state index < -0.39 is 6.10 Å². The lowest BCUT2D eigenvalue weighted by atomic mass is 10.1. The minimum atomic E-state index is -0.601. The molecule has 2 rings (SSSR count). The summed E-state index contributed by atoms with van der Waals surface area (Å²) in [5.41, 5.74) is 0.809. The van der Waals surface area contributed by atoms with E-state index in [4.69, 9.17) is 4.42 Å². The first-order valence-electron chi connectivity index (χ1n) is 8.35. The quantitative estimate of drug-likeness (QED) is 0.730. The van der Waals surface area contributed by atoms with Gasteiger partial charge in [0.2, 0.25) is 0 Å². The smallest absolute Gasteiger partial charge is 0.315 e. The molecule has 0 aliphatic heterocycles. The van der Waals surface area contributed by atoms with Gasteiger partial charge in [0.05, 0.1) is 6.10 Å². The van der Waals surface area contributed by atoms with Crippen LogP contribution in [0.25, 0.3) is 0 Å². The molecular formula is C17H28N2O3. The zero-order valence-corrected chi connectivity index (χ0v) is 13.7. The van der Waals surface area contributed by atoms with Crippen LogP contribution in [0.5, 0.6) is 0 Å². The molecule has 1 aliphatic carbocycles. The van der Waals surface area contributed by atoms with Crippen LogP contribution >= 0.6 is 0 Å². The molecule has 22 heavy (non-hydrogen) atoms. The van der Waals surface area contributed by atoms with E-state index >= 15 is 0 Å². The first-order chi connectivity index (χ1) is 10.6. The minimum absolute atomic E-state index is 0.126. The molecule has 1 aromatic heterocycles. The van der Waals surface area contributed by atoms with E-state index in [-0.39, 0.29) is 6.03 Å². The van der Waals surface area contributed by atoms with Crippen molar-refractivity contribution in [3.05, 3.63) is 23.2 Å². The van der Waals surface area contributed by atoms with E-state index in [1.807, 2.05) is 19.9 Å². The third kappa shape index (κ3) is 5.05. The van der Waals surface area contributed by atoms with E-state index in [1.165, 1.54) is 25.7 Å². The third-order valence-electron chi connectivity index (χ3n) is 4.33. The summed E-state index contributed by atoms with van der Waals surface area (Å²) < 4.78 is 5.42. The van der Waals surface area contributed by atoms with E-state index in [1.54, 1.807) is 0 Å². The van der Waals surface area contributed by atoms with Gasteiger partial charge in [-0.2, -0.15) is 0 Å². The Balaban J connectivity index is 1.69. The molecule has 0 aromatic carbocycles. The summed E-state index contributed by atoms with van der Waals surface area (Å²) in [6, 6.07) is 2.02. The molecule has 0 saturated heterocycles. The second-order valence-electron chi connectivity index (χ2n) is 6.26. The normalized spacial score (nSPS) is 17.8. The molecule has 3 N–H and O–H groups in total. The van der Waals surface area contributed by atoms with Gasteiger partial charge in [-0.05, 0) is 39.2 Å². The number of hydrogen-bond acceptors (Lipinski definition) is 3. The minimum Gasteiger partial charge on any atom is -0.466 e. The zero-order valence-electron chi connectivity index (χ0n) is 13.7. The Morgan fingerprint density at radius 1 is 1.32 bits per heavy atom. The van der Waals surface area contributed by atoms with Gasteiger partial charge in [-0.25, -0.2) is 4.79 Å². The number of furan rings is 1. The molecule has 1 unspecified atom stereocenters. The fraction of sp³-hybridized carbons (Fsp3) is 0.706. The Hall–Kier alpha value is -1.49. The van der Waals surface area contributed by atoms with Crippen LogP contribution in [0, 0.1) is 13.8 Å². The maximum absolute atomic E-state index is 11.9. The topological polar surface area (TPSA) is 74.5 Å². The third-order valence-corrected chi connectivity index (χ3v) is 4.33. The van der Waals surface area contributed by atoms with Gasteiger partial charge in [0, 0.05) is 18.2 Å². The fourth-order valence-corrected chi connectivity index (χ4v) is 3.12. The lowest BCUT2D eigenvalue weighted by Gasteiger charge is -2.17. The molecule has 5 heteroatoms. The SMILES string of the molecule is Cc1cc(C(O)CCNC(=O)NC2CCCCCC2)c(C)o1. The van der Waals surface area contributed by atoms with Crippen molar-refractivity contribution in [3.8, 4) is 0 Å². The lowest BCUT2D eigenvalue weighted by Crippen LogP contribution is -2.42. The summed E-state index contributed by atoms with van der Waals surface area (Å²) in [7, 11) is 0. The van der Waals surface area contributed by atoms with Crippen LogP contribution in [-0.2, 0) is 0 Å². The highest BCUT2D eigenvalue weighted by molar-refractivity contribution is 5.74. The van der Waals surface area contributed by atoms with E-state index in [9.17, 15) is 9.90 Å². The second kappa shape index (κ2) is 8.22. The summed E-state index contributed by atoms with van der Waals surface area (Å²) in [5.74, 6) is 1.54. The van der Waals surface area contributed by atoms with Gasteiger partial charge in [0.1, 0.15) is 11.5 Å². The van der Waals surface area contributed by atoms with Crippen molar-refractivity contribution in [3.63, 3.8) is 0 Å². The van der Waals surface area contributed by atoms with Crippen molar-refractivity contribution in [1.29, 1.82) is 0 Å². The molecule has 1 fully saturated rings. The molecule has 2 amide bonds. The number of nitrogens with one attached hydrogen (secondary N) is 2. The van der Waals surface area contributed by atoms with Gasteiger partial charge in [0.25, 0.3) is 0 Å². The number of hydrogen-bond donors (Lipinski definition) is 3. The van der Waals surface area contributed by atoms with Crippen LogP contribution in [0.4, 0.5) is 4.79 Å². The zero-order chi connectivity index (χ0) is 15.9. The van der Waals surface area contributed by atoms with Gasteiger partial charge in [-0.3, -0.25) is 0 Å². The number of aliphatic hydroxyl groups excluding tert-OH is 1. The average Bonchev–Trinajstić information content (AvgIpc) is 2.65. The molecule has 124 valence electrons. The molecule has 0 radical (unpaired) electrons. The first kappa shape index (κ1) is 16.9. The van der Waals surface area contributed by atoms with Gasteiger partial charge in [-0.15, -0.1) is 0 Å². The number of aliphatic hydroxyl groups is 1. The molecule has 1 aromatic rings. The van der Waals surface area contributed by atoms with E-state index in [0.29, 0.717) is 19.0 Å². The Bertz CT molecular complexity index is 476. The molecule has 0 bridgehead atoms. The number of carbonyl (C=O) groups excluding carboxylic acids is 1. The number of rotatable bonds is 5. The number of amides is 2. The van der Waals surface area contributed by atoms with Gasteiger partial charge < -0.3 is 20.2 Å². The van der Waals surface area contributed by atoms with E-state index in [2.05, 4.69) is 10.6 Å². The predicted octanol–water partition coefficient (Wildman–Crippen LogP) is 3.34. The van der Waals surface area contributed by atoms with Crippen LogP contribution in [0.1, 0.15) is 68.1 Å². The summed E-state index contributed by atoms with van der Waals surface area (Å²) in [6.07, 6.45) is 6.97. The number of urea groups is 1. The Kier molecular flexibility index (Phi) is 6.31. The van der Waals surface area contributed by atoms with Crippen molar-refractivity contribution < 1.29 is 14.3 Å². The van der Waals surface area contributed by atoms with Crippen LogP contribution in [-0.4, -0.2) is 23.7 Å². The van der Waals surface area contributed by atoms with Crippen molar-refractivity contribution in [1.82, 2.24) is 10.6 Å². The Morgan fingerprint density at radius 2 is 2.00 bits per heavy atom. The fourth-order valence-electron chi connectivity index (χ4n) is 3.12. The van der Waals surface area contributed by atoms with E-state index in [0.717, 1.165) is 29.9 Å². The van der Waals surface area contributed by atoms with Gasteiger partial charge in [-0.1, -0.05) is 25.7 Å². The highest BCUT2D eigenvalue weighted by Gasteiger charge is 2.16. The monoisotopic (exact) mass is 308 g/mol. The van der Waals surface area contributed by atoms with Crippen molar-refractivity contribution >= 4 is 6.03 Å². The standard InChI is InChI=1S/C17H28N2O3/c1-12-11-15(13(2)22-12)16(20)9-10-18-17(21)19-14-7-5-3-4-6-8-14/h11,14,16,20H,3-10H2,1-2H3,(H2,18,19,21). The molecule has 1 aliphatic rings. The molecular weight excluding hydrogens is 280 g/mol. The molecule has 5 nitrogen and oxygen atoms in total.